The summed E-state index contributed by atoms with van der Waals surface area (Å²) in [5, 5.41) is 0. The van der Waals surface area contributed by atoms with Crippen LogP contribution in [0.2, 0.25) is 0 Å². The van der Waals surface area contributed by atoms with Gasteiger partial charge in [-0.1, -0.05) is 7.43 Å². The van der Waals surface area contributed by atoms with Crippen molar-refractivity contribution in [1.82, 2.24) is 0 Å². The van der Waals surface area contributed by atoms with Crippen LogP contribution in [0.25, 0.3) is 0 Å². The second kappa shape index (κ2) is 27.8. The molecule has 0 nitrogen and oxygen atoms in total. The third-order valence-electron chi connectivity index (χ3n) is 0. The van der Waals surface area contributed by atoms with Gasteiger partial charge in [0.2, 0.25) is 0 Å². The van der Waals surface area contributed by atoms with E-state index in [1.54, 1.807) is 0 Å². The monoisotopic (exact) mass is 285 g/mol. The fourth-order valence-corrected chi connectivity index (χ4v) is 0. The van der Waals surface area contributed by atoms with Crippen LogP contribution in [0, 0.1) is 0 Å². The maximum Gasteiger partial charge on any atom is 0 e. The van der Waals surface area contributed by atoms with E-state index >= 15 is 0 Å². The van der Waals surface area contributed by atoms with Gasteiger partial charge in [0.05, 0.1) is 0 Å². The fourth-order valence-electron chi connectivity index (χ4n) is 0. The van der Waals surface area contributed by atoms with E-state index in [1.807, 2.05) is 0 Å². The van der Waals surface area contributed by atoms with Crippen molar-refractivity contribution >= 4 is 26.0 Å². The maximum atomic E-state index is 0. The molecule has 0 unspecified atom stereocenters. The third-order valence-corrected chi connectivity index (χ3v) is 0. The Morgan fingerprint density at radius 2 is 1.00 bits per heavy atom. The predicted molar refractivity (Wildman–Crippen MR) is 18.2 cm³/mol. The van der Waals surface area contributed by atoms with Crippen molar-refractivity contribution in [3.05, 3.63) is 0 Å². The van der Waals surface area contributed by atoms with Crippen molar-refractivity contribution in [2.24, 2.45) is 0 Å². The Hall–Kier alpha value is 1.30. The van der Waals surface area contributed by atoms with Crippen molar-refractivity contribution in [3.8, 4) is 0 Å². The van der Waals surface area contributed by atoms with Crippen molar-refractivity contribution in [3.63, 3.8) is 0 Å². The molecule has 3 heteroatoms. The number of rotatable bonds is 0. The van der Waals surface area contributed by atoms with Crippen LogP contribution < -0.4 is 0 Å². The first-order valence-electron chi connectivity index (χ1n) is 0. The zero-order valence-electron chi connectivity index (χ0n) is 1.49. The minimum Gasteiger partial charge on any atom is -0.0776 e. The average Bonchev–Trinajstić information content (AvgIpc) is 0. The molecule has 7 radical (unpaired) electrons. The van der Waals surface area contributed by atoms with Gasteiger partial charge in [-0.15, -0.1) is 0 Å². The second-order valence-corrected chi connectivity index (χ2v) is 0. The molecule has 0 atom stereocenters. The molecule has 0 aliphatic carbocycles. The van der Waals surface area contributed by atoms with E-state index in [0.717, 1.165) is 0 Å². The van der Waals surface area contributed by atoms with Crippen LogP contribution >= 0.6 is 0 Å². The molecule has 0 aliphatic heterocycles. The maximum absolute atomic E-state index is 0. The first-order valence-corrected chi connectivity index (χ1v) is 0. The Bertz CT molecular complexity index is 8.00. The molecule has 0 N–H and O–H groups in total. The molecule has 0 aromatic heterocycles. The van der Waals surface area contributed by atoms with Crippen LogP contribution in [-0.2, 0) is 21.1 Å². The molecule has 0 aliphatic rings. The van der Waals surface area contributed by atoms with E-state index < -0.39 is 0 Å². The summed E-state index contributed by atoms with van der Waals surface area (Å²) < 4.78 is 0. The minimum absolute atomic E-state index is 0. The van der Waals surface area contributed by atoms with Crippen molar-refractivity contribution < 1.29 is 21.1 Å². The summed E-state index contributed by atoms with van der Waals surface area (Å²) in [5.74, 6) is 0. The van der Waals surface area contributed by atoms with Gasteiger partial charge in [-0.25, -0.2) is 0 Å². The first kappa shape index (κ1) is 58.2. The second-order valence-electron chi connectivity index (χ2n) is 0. The topological polar surface area (TPSA) is 0 Å². The van der Waals surface area contributed by atoms with Gasteiger partial charge < -0.3 is 0 Å². The summed E-state index contributed by atoms with van der Waals surface area (Å²) in [6, 6.07) is 0. The largest absolute Gasteiger partial charge is 0.0776 e. The van der Waals surface area contributed by atoms with E-state index in [9.17, 15) is 0 Å². The fraction of sp³-hybridized carbons (Fsp3) is 1.00. The van der Waals surface area contributed by atoms with Crippen molar-refractivity contribution in [1.29, 1.82) is 0 Å². The molecule has 21 valence electrons. The van der Waals surface area contributed by atoms with E-state index in [2.05, 4.69) is 0 Å². The summed E-state index contributed by atoms with van der Waals surface area (Å²) in [4.78, 5) is 0. The van der Waals surface area contributed by atoms with Gasteiger partial charge in [0.1, 0.15) is 0 Å². The molecule has 0 aromatic carbocycles. The van der Waals surface area contributed by atoms with Crippen LogP contribution in [0.15, 0.2) is 0 Å². The predicted octanol–water partition coefficient (Wildman–Crippen LogP) is -0.128. The molecular formula is CH4BGeW. The van der Waals surface area contributed by atoms with E-state index in [-0.39, 0.29) is 54.5 Å². The van der Waals surface area contributed by atoms with Crippen LogP contribution in [0.1, 0.15) is 7.43 Å². The summed E-state index contributed by atoms with van der Waals surface area (Å²) in [6.07, 6.45) is 0. The van der Waals surface area contributed by atoms with Crippen LogP contribution in [0.4, 0.5) is 0 Å². The van der Waals surface area contributed by atoms with Gasteiger partial charge in [0.15, 0.2) is 0 Å². The molecule has 0 rings (SSSR count). The zero-order chi connectivity index (χ0) is 0. The van der Waals surface area contributed by atoms with Crippen molar-refractivity contribution in [2.45, 2.75) is 7.43 Å². The normalized spacial score (nSPS) is 0. The molecule has 0 fully saturated rings. The Kier molecular flexibility index (Phi) is 404. The van der Waals surface area contributed by atoms with Gasteiger partial charge in [-0.05, 0) is 0 Å². The molecule has 0 saturated heterocycles. The van der Waals surface area contributed by atoms with E-state index in [1.165, 1.54) is 0 Å². The molecule has 0 bridgehead atoms. The van der Waals surface area contributed by atoms with Crippen LogP contribution in [0.3, 0.4) is 0 Å². The third kappa shape index (κ3) is 10.3. The smallest absolute Gasteiger partial charge is 0 e. The van der Waals surface area contributed by atoms with Gasteiger partial charge in [-0.2, -0.15) is 0 Å². The molecule has 0 aromatic rings. The molecule has 4 heavy (non-hydrogen) atoms. The first-order chi connectivity index (χ1) is 0. The molecule has 0 heterocycles. The van der Waals surface area contributed by atoms with Gasteiger partial charge in [0, 0.05) is 47.1 Å². The summed E-state index contributed by atoms with van der Waals surface area (Å²) >= 11 is 0. The Morgan fingerprint density at radius 3 is 1.00 bits per heavy atom. The SMILES string of the molecule is C.[B].[Ge].[W]. The van der Waals surface area contributed by atoms with Gasteiger partial charge >= 0.3 is 0 Å². The number of hydrogen-bond acceptors (Lipinski definition) is 0. The van der Waals surface area contributed by atoms with Crippen molar-refractivity contribution in [2.75, 3.05) is 0 Å². The quantitative estimate of drug-likeness (QED) is 0.544. The van der Waals surface area contributed by atoms with Crippen LogP contribution in [-0.4, -0.2) is 26.0 Å². The van der Waals surface area contributed by atoms with E-state index in [0.29, 0.717) is 0 Å². The van der Waals surface area contributed by atoms with Crippen LogP contribution in [0.5, 0.6) is 0 Å². The van der Waals surface area contributed by atoms with E-state index in [4.69, 9.17) is 0 Å². The molecule has 0 spiro atoms. The van der Waals surface area contributed by atoms with Gasteiger partial charge in [-0.3, -0.25) is 0 Å². The Morgan fingerprint density at radius 1 is 1.00 bits per heavy atom. The molecular weight excluding hydrogens is 279 g/mol. The summed E-state index contributed by atoms with van der Waals surface area (Å²) in [6.45, 7) is 0. The van der Waals surface area contributed by atoms with Gasteiger partial charge in [0.25, 0.3) is 0 Å². The number of hydrogen-bond donors (Lipinski definition) is 0. The standard InChI is InChI=1S/CH4.B.Ge.W/h1H4;;;. The summed E-state index contributed by atoms with van der Waals surface area (Å²) in [7, 11) is 0. The Labute approximate surface area is 54.5 Å². The average molecular weight is 283 g/mol. The molecule has 0 saturated carbocycles. The molecule has 0 amide bonds. The Balaban J connectivity index is 0. The minimum atomic E-state index is 0. The summed E-state index contributed by atoms with van der Waals surface area (Å²) in [5.41, 5.74) is 0. The zero-order valence-corrected chi connectivity index (χ0v) is 6.52.